The zero-order valence-electron chi connectivity index (χ0n) is 10.9. The van der Waals surface area contributed by atoms with Crippen molar-refractivity contribution in [3.05, 3.63) is 0 Å². The maximum Gasteiger partial charge on any atom is 0.322 e. The predicted octanol–water partition coefficient (Wildman–Crippen LogP) is 4.45. The molecule has 0 amide bonds. The highest BCUT2D eigenvalue weighted by Gasteiger charge is 2.24. The minimum absolute atomic E-state index is 0.168. The van der Waals surface area contributed by atoms with E-state index in [1.54, 1.807) is 13.8 Å². The van der Waals surface area contributed by atoms with Gasteiger partial charge in [0.15, 0.2) is 0 Å². The number of unbranched alkanes of at least 4 members (excludes halogenated alkanes) is 6. The van der Waals surface area contributed by atoms with E-state index in [0.29, 0.717) is 6.61 Å². The van der Waals surface area contributed by atoms with Crippen LogP contribution in [0.2, 0.25) is 0 Å². The molecule has 0 fully saturated rings. The summed E-state index contributed by atoms with van der Waals surface area (Å²) in [5, 5.41) is 0. The van der Waals surface area contributed by atoms with Crippen LogP contribution in [0.4, 0.5) is 0 Å². The number of ether oxygens (including phenoxy) is 1. The number of halogens is 1. The average Bonchev–Trinajstić information content (AvgIpc) is 2.20. The maximum atomic E-state index is 11.4. The van der Waals surface area contributed by atoms with Crippen molar-refractivity contribution in [3.63, 3.8) is 0 Å². The Balaban J connectivity index is 3.25. The van der Waals surface area contributed by atoms with Crippen molar-refractivity contribution >= 4 is 21.9 Å². The van der Waals surface area contributed by atoms with Gasteiger partial charge in [-0.3, -0.25) is 4.79 Å². The second-order valence-electron chi connectivity index (χ2n) is 4.73. The quantitative estimate of drug-likeness (QED) is 0.356. The highest BCUT2D eigenvalue weighted by Crippen LogP contribution is 2.17. The van der Waals surface area contributed by atoms with Crippen molar-refractivity contribution < 1.29 is 9.53 Å². The van der Waals surface area contributed by atoms with Crippen molar-refractivity contribution in [3.8, 4) is 0 Å². The van der Waals surface area contributed by atoms with Crippen LogP contribution in [0.1, 0.15) is 65.7 Å². The van der Waals surface area contributed by atoms with Crippen LogP contribution >= 0.6 is 15.9 Å². The topological polar surface area (TPSA) is 26.3 Å². The molecular weight excluding hydrogens is 268 g/mol. The largest absolute Gasteiger partial charge is 0.465 e. The van der Waals surface area contributed by atoms with E-state index in [-0.39, 0.29) is 5.97 Å². The minimum Gasteiger partial charge on any atom is -0.465 e. The van der Waals surface area contributed by atoms with Crippen LogP contribution in [0, 0.1) is 0 Å². The molecule has 0 aliphatic heterocycles. The lowest BCUT2D eigenvalue weighted by molar-refractivity contribution is -0.145. The van der Waals surface area contributed by atoms with Crippen LogP contribution in [-0.2, 0) is 9.53 Å². The van der Waals surface area contributed by atoms with Crippen LogP contribution in [0.3, 0.4) is 0 Å². The average molecular weight is 293 g/mol. The number of rotatable bonds is 9. The van der Waals surface area contributed by atoms with Crippen molar-refractivity contribution in [2.75, 3.05) is 6.61 Å². The lowest BCUT2D eigenvalue weighted by atomic mass is 10.1. The van der Waals surface area contributed by atoms with Crippen molar-refractivity contribution in [1.29, 1.82) is 0 Å². The Bertz CT molecular complexity index is 185. The van der Waals surface area contributed by atoms with Gasteiger partial charge < -0.3 is 4.74 Å². The van der Waals surface area contributed by atoms with Gasteiger partial charge in [-0.1, -0.05) is 61.4 Å². The molecule has 0 saturated carbocycles. The zero-order chi connectivity index (χ0) is 12.4. The Kier molecular flexibility index (Phi) is 9.00. The van der Waals surface area contributed by atoms with Crippen LogP contribution in [0.15, 0.2) is 0 Å². The van der Waals surface area contributed by atoms with Gasteiger partial charge >= 0.3 is 5.97 Å². The van der Waals surface area contributed by atoms with Gasteiger partial charge in [0.2, 0.25) is 0 Å². The third-order valence-electron chi connectivity index (χ3n) is 2.47. The van der Waals surface area contributed by atoms with Crippen molar-refractivity contribution in [2.24, 2.45) is 0 Å². The fourth-order valence-electron chi connectivity index (χ4n) is 1.40. The molecule has 0 N–H and O–H groups in total. The fraction of sp³-hybridized carbons (Fsp3) is 0.923. The molecule has 3 heteroatoms. The zero-order valence-corrected chi connectivity index (χ0v) is 12.4. The highest BCUT2D eigenvalue weighted by atomic mass is 79.9. The van der Waals surface area contributed by atoms with E-state index in [1.165, 1.54) is 38.5 Å². The van der Waals surface area contributed by atoms with E-state index in [1.807, 2.05) is 0 Å². The Morgan fingerprint density at radius 3 is 2.06 bits per heavy atom. The molecule has 16 heavy (non-hydrogen) atoms. The molecule has 0 aromatic carbocycles. The lowest BCUT2D eigenvalue weighted by Crippen LogP contribution is -2.26. The van der Waals surface area contributed by atoms with Crippen LogP contribution in [0.25, 0.3) is 0 Å². The summed E-state index contributed by atoms with van der Waals surface area (Å²) in [4.78, 5) is 11.4. The van der Waals surface area contributed by atoms with Gasteiger partial charge in [0.25, 0.3) is 0 Å². The number of alkyl halides is 1. The van der Waals surface area contributed by atoms with E-state index in [4.69, 9.17) is 4.74 Å². The molecule has 2 nitrogen and oxygen atoms in total. The van der Waals surface area contributed by atoms with E-state index < -0.39 is 4.32 Å². The standard InChI is InChI=1S/C13H25BrO2/c1-4-5-6-7-8-9-10-11-16-12(15)13(2,3)14/h4-11H2,1-3H3. The van der Waals surface area contributed by atoms with Gasteiger partial charge in [-0.25, -0.2) is 0 Å². The van der Waals surface area contributed by atoms with Crippen molar-refractivity contribution in [2.45, 2.75) is 70.0 Å². The van der Waals surface area contributed by atoms with E-state index in [0.717, 1.165) is 6.42 Å². The summed E-state index contributed by atoms with van der Waals surface area (Å²) in [6.45, 7) is 6.39. The molecule has 0 bridgehead atoms. The first-order valence-corrected chi connectivity index (χ1v) is 7.14. The molecule has 0 saturated heterocycles. The first kappa shape index (κ1) is 16.0. The van der Waals surface area contributed by atoms with Gasteiger partial charge in [0.1, 0.15) is 4.32 Å². The van der Waals surface area contributed by atoms with Gasteiger partial charge in [-0.15, -0.1) is 0 Å². The number of hydrogen-bond donors (Lipinski definition) is 0. The minimum atomic E-state index is -0.547. The fourth-order valence-corrected chi connectivity index (χ4v) is 1.51. The number of esters is 1. The Morgan fingerprint density at radius 2 is 1.56 bits per heavy atom. The Morgan fingerprint density at radius 1 is 1.06 bits per heavy atom. The second kappa shape index (κ2) is 9.03. The molecule has 0 spiro atoms. The summed E-state index contributed by atoms with van der Waals surface area (Å²) >= 11 is 3.28. The third-order valence-corrected chi connectivity index (χ3v) is 2.79. The summed E-state index contributed by atoms with van der Waals surface area (Å²) in [7, 11) is 0. The normalized spacial score (nSPS) is 11.5. The first-order valence-electron chi connectivity index (χ1n) is 6.34. The number of carbonyl (C=O) groups excluding carboxylic acids is 1. The van der Waals surface area contributed by atoms with Gasteiger partial charge in [-0.05, 0) is 20.3 Å². The monoisotopic (exact) mass is 292 g/mol. The van der Waals surface area contributed by atoms with Gasteiger partial charge in [0.05, 0.1) is 6.61 Å². The van der Waals surface area contributed by atoms with Crippen LogP contribution in [0.5, 0.6) is 0 Å². The molecule has 0 aliphatic carbocycles. The van der Waals surface area contributed by atoms with E-state index >= 15 is 0 Å². The summed E-state index contributed by atoms with van der Waals surface area (Å²) in [6.07, 6.45) is 8.69. The predicted molar refractivity (Wildman–Crippen MR) is 72.0 cm³/mol. The summed E-state index contributed by atoms with van der Waals surface area (Å²) < 4.78 is 4.60. The molecule has 0 rings (SSSR count). The van der Waals surface area contributed by atoms with Crippen LogP contribution in [-0.4, -0.2) is 16.9 Å². The van der Waals surface area contributed by atoms with Crippen molar-refractivity contribution in [1.82, 2.24) is 0 Å². The summed E-state index contributed by atoms with van der Waals surface area (Å²) in [5.41, 5.74) is 0. The molecule has 0 aromatic rings. The lowest BCUT2D eigenvalue weighted by Gasteiger charge is -2.14. The second-order valence-corrected chi connectivity index (χ2v) is 6.71. The molecule has 96 valence electrons. The number of carbonyl (C=O) groups is 1. The molecule has 0 radical (unpaired) electrons. The Hall–Kier alpha value is -0.0500. The maximum absolute atomic E-state index is 11.4. The third kappa shape index (κ3) is 9.20. The van der Waals surface area contributed by atoms with Gasteiger partial charge in [0, 0.05) is 0 Å². The smallest absolute Gasteiger partial charge is 0.322 e. The molecule has 0 aliphatic rings. The molecule has 0 aromatic heterocycles. The molecular formula is C13H25BrO2. The first-order chi connectivity index (χ1) is 7.48. The summed E-state index contributed by atoms with van der Waals surface area (Å²) in [5.74, 6) is -0.168. The highest BCUT2D eigenvalue weighted by molar-refractivity contribution is 9.10. The Labute approximate surface area is 108 Å². The SMILES string of the molecule is CCCCCCCCCOC(=O)C(C)(C)Br. The van der Waals surface area contributed by atoms with Crippen LogP contribution < -0.4 is 0 Å². The van der Waals surface area contributed by atoms with E-state index in [2.05, 4.69) is 22.9 Å². The molecule has 0 heterocycles. The number of hydrogen-bond acceptors (Lipinski definition) is 2. The summed E-state index contributed by atoms with van der Waals surface area (Å²) in [6, 6.07) is 0. The molecule has 0 unspecified atom stereocenters. The van der Waals surface area contributed by atoms with Gasteiger partial charge in [-0.2, -0.15) is 0 Å². The van der Waals surface area contributed by atoms with E-state index in [9.17, 15) is 4.79 Å². The molecule has 0 atom stereocenters.